The van der Waals surface area contributed by atoms with Crippen LogP contribution in [0.1, 0.15) is 30.4 Å². The van der Waals surface area contributed by atoms with E-state index >= 15 is 0 Å². The van der Waals surface area contributed by atoms with Crippen LogP contribution in [-0.4, -0.2) is 30.0 Å². The smallest absolute Gasteiger partial charge is 0.221 e. The van der Waals surface area contributed by atoms with E-state index in [0.29, 0.717) is 19.0 Å². The average Bonchev–Trinajstić information content (AvgIpc) is 3.10. The molecule has 0 bridgehead atoms. The van der Waals surface area contributed by atoms with Crippen LogP contribution < -0.4 is 10.6 Å². The predicted molar refractivity (Wildman–Crippen MR) is 92.6 cm³/mol. The molecule has 2 heterocycles. The van der Waals surface area contributed by atoms with Gasteiger partial charge in [0, 0.05) is 36.1 Å². The lowest BCUT2D eigenvalue weighted by Crippen LogP contribution is -2.32. The number of nitrogens with one attached hydrogen (secondary N) is 3. The van der Waals surface area contributed by atoms with Crippen LogP contribution in [-0.2, 0) is 11.2 Å². The van der Waals surface area contributed by atoms with Crippen LogP contribution >= 0.6 is 12.4 Å². The Morgan fingerprint density at radius 2 is 2.27 bits per heavy atom. The van der Waals surface area contributed by atoms with E-state index in [4.69, 9.17) is 0 Å². The zero-order chi connectivity index (χ0) is 14.7. The Kier molecular flexibility index (Phi) is 5.86. The number of aryl methyl sites for hydroxylation is 1. The van der Waals surface area contributed by atoms with Crippen molar-refractivity contribution in [2.45, 2.75) is 38.6 Å². The molecule has 1 amide bonds. The van der Waals surface area contributed by atoms with Crippen LogP contribution in [0.2, 0.25) is 0 Å². The van der Waals surface area contributed by atoms with E-state index in [2.05, 4.69) is 46.9 Å². The zero-order valence-corrected chi connectivity index (χ0v) is 13.8. The van der Waals surface area contributed by atoms with Crippen molar-refractivity contribution < 1.29 is 4.79 Å². The highest BCUT2D eigenvalue weighted by Crippen LogP contribution is 2.21. The van der Waals surface area contributed by atoms with Crippen LogP contribution in [0.3, 0.4) is 0 Å². The van der Waals surface area contributed by atoms with Crippen molar-refractivity contribution in [2.75, 3.05) is 13.1 Å². The van der Waals surface area contributed by atoms with E-state index in [1.807, 2.05) is 0 Å². The van der Waals surface area contributed by atoms with E-state index < -0.39 is 0 Å². The number of amides is 1. The summed E-state index contributed by atoms with van der Waals surface area (Å²) in [5.74, 6) is 0.158. The highest BCUT2D eigenvalue weighted by molar-refractivity contribution is 5.86. The summed E-state index contributed by atoms with van der Waals surface area (Å²) in [5, 5.41) is 7.66. The number of hydrogen-bond donors (Lipinski definition) is 3. The van der Waals surface area contributed by atoms with Crippen molar-refractivity contribution in [3.05, 3.63) is 35.5 Å². The molecule has 22 heavy (non-hydrogen) atoms. The third kappa shape index (κ3) is 3.81. The average molecular weight is 322 g/mol. The monoisotopic (exact) mass is 321 g/mol. The Hall–Kier alpha value is -1.52. The number of carbonyl (C=O) groups is 1. The minimum atomic E-state index is 0. The first-order chi connectivity index (χ1) is 10.2. The van der Waals surface area contributed by atoms with Gasteiger partial charge in [-0.15, -0.1) is 12.4 Å². The molecule has 120 valence electrons. The van der Waals surface area contributed by atoms with E-state index in [0.717, 1.165) is 19.4 Å². The lowest BCUT2D eigenvalue weighted by Gasteiger charge is -2.10. The first-order valence-electron chi connectivity index (χ1n) is 7.79. The SMILES string of the molecule is Cc1cccc2c(CCNC(=O)CC3CCCN3)c[nH]c12.Cl. The third-order valence-corrected chi connectivity index (χ3v) is 4.32. The maximum absolute atomic E-state index is 11.9. The second-order valence-corrected chi connectivity index (χ2v) is 5.91. The van der Waals surface area contributed by atoms with Gasteiger partial charge in [0.15, 0.2) is 0 Å². The summed E-state index contributed by atoms with van der Waals surface area (Å²) >= 11 is 0. The Balaban J connectivity index is 0.00000176. The number of halogens is 1. The second kappa shape index (κ2) is 7.65. The lowest BCUT2D eigenvalue weighted by molar-refractivity contribution is -0.121. The highest BCUT2D eigenvalue weighted by Gasteiger charge is 2.17. The summed E-state index contributed by atoms with van der Waals surface area (Å²) in [6.45, 7) is 3.86. The van der Waals surface area contributed by atoms with Gasteiger partial charge in [0.1, 0.15) is 0 Å². The van der Waals surface area contributed by atoms with E-state index in [1.165, 1.54) is 28.5 Å². The number of aromatic amines is 1. The molecule has 0 spiro atoms. The summed E-state index contributed by atoms with van der Waals surface area (Å²) in [6.07, 6.45) is 5.84. The molecule has 0 radical (unpaired) electrons. The number of benzene rings is 1. The Labute approximate surface area is 137 Å². The molecule has 0 aliphatic carbocycles. The number of fused-ring (bicyclic) bond motifs is 1. The quantitative estimate of drug-likeness (QED) is 0.793. The first kappa shape index (κ1) is 16.8. The van der Waals surface area contributed by atoms with Gasteiger partial charge in [0.2, 0.25) is 5.91 Å². The molecule has 1 aliphatic rings. The molecule has 5 heteroatoms. The zero-order valence-electron chi connectivity index (χ0n) is 12.9. The molecule has 1 saturated heterocycles. The van der Waals surface area contributed by atoms with Crippen LogP contribution in [0.4, 0.5) is 0 Å². The number of rotatable bonds is 5. The van der Waals surface area contributed by atoms with Crippen LogP contribution in [0.5, 0.6) is 0 Å². The number of H-pyrrole nitrogens is 1. The van der Waals surface area contributed by atoms with Crippen LogP contribution in [0.25, 0.3) is 10.9 Å². The van der Waals surface area contributed by atoms with Crippen molar-refractivity contribution in [2.24, 2.45) is 0 Å². The molecule has 4 nitrogen and oxygen atoms in total. The van der Waals surface area contributed by atoms with Crippen molar-refractivity contribution in [3.63, 3.8) is 0 Å². The molecule has 2 aromatic rings. The van der Waals surface area contributed by atoms with Gasteiger partial charge in [0.05, 0.1) is 0 Å². The maximum atomic E-state index is 11.9. The normalized spacial score (nSPS) is 17.4. The highest BCUT2D eigenvalue weighted by atomic mass is 35.5. The fourth-order valence-corrected chi connectivity index (χ4v) is 3.13. The molecular formula is C17H24ClN3O. The standard InChI is InChI=1S/C17H23N3O.ClH/c1-12-4-2-6-15-13(11-20-17(12)15)7-9-19-16(21)10-14-5-3-8-18-14;/h2,4,6,11,14,18,20H,3,5,7-10H2,1H3,(H,19,21);1H. The number of carbonyl (C=O) groups excluding carboxylic acids is 1. The third-order valence-electron chi connectivity index (χ3n) is 4.32. The van der Waals surface area contributed by atoms with Gasteiger partial charge in [-0.2, -0.15) is 0 Å². The van der Waals surface area contributed by atoms with E-state index in [-0.39, 0.29) is 18.3 Å². The Morgan fingerprint density at radius 1 is 1.41 bits per heavy atom. The second-order valence-electron chi connectivity index (χ2n) is 5.91. The van der Waals surface area contributed by atoms with Gasteiger partial charge >= 0.3 is 0 Å². The van der Waals surface area contributed by atoms with Gasteiger partial charge in [-0.3, -0.25) is 4.79 Å². The topological polar surface area (TPSA) is 56.9 Å². The Bertz CT molecular complexity index is 632. The first-order valence-corrected chi connectivity index (χ1v) is 7.79. The van der Waals surface area contributed by atoms with Gasteiger partial charge in [-0.25, -0.2) is 0 Å². The van der Waals surface area contributed by atoms with Crippen molar-refractivity contribution in [1.82, 2.24) is 15.6 Å². The lowest BCUT2D eigenvalue weighted by atomic mass is 10.1. The summed E-state index contributed by atoms with van der Waals surface area (Å²) in [7, 11) is 0. The minimum Gasteiger partial charge on any atom is -0.361 e. The molecule has 1 aromatic carbocycles. The summed E-state index contributed by atoms with van der Waals surface area (Å²) in [4.78, 5) is 15.2. The molecule has 1 fully saturated rings. The predicted octanol–water partition coefficient (Wildman–Crippen LogP) is 2.70. The van der Waals surface area contributed by atoms with Gasteiger partial charge in [0.25, 0.3) is 0 Å². The summed E-state index contributed by atoms with van der Waals surface area (Å²) in [5.41, 5.74) is 3.73. The van der Waals surface area contributed by atoms with E-state index in [9.17, 15) is 4.79 Å². The molecule has 1 aromatic heterocycles. The van der Waals surface area contributed by atoms with Gasteiger partial charge in [-0.05, 0) is 43.9 Å². The van der Waals surface area contributed by atoms with Crippen molar-refractivity contribution in [3.8, 4) is 0 Å². The molecule has 3 N–H and O–H groups in total. The molecule has 0 saturated carbocycles. The largest absolute Gasteiger partial charge is 0.361 e. The molecule has 1 atom stereocenters. The van der Waals surface area contributed by atoms with Gasteiger partial charge in [-0.1, -0.05) is 18.2 Å². The Morgan fingerprint density at radius 3 is 3.05 bits per heavy atom. The summed E-state index contributed by atoms with van der Waals surface area (Å²) < 4.78 is 0. The fraction of sp³-hybridized carbons (Fsp3) is 0.471. The molecular weight excluding hydrogens is 298 g/mol. The number of hydrogen-bond acceptors (Lipinski definition) is 2. The fourth-order valence-electron chi connectivity index (χ4n) is 3.13. The maximum Gasteiger partial charge on any atom is 0.221 e. The van der Waals surface area contributed by atoms with Crippen molar-refractivity contribution in [1.29, 1.82) is 0 Å². The van der Waals surface area contributed by atoms with Crippen molar-refractivity contribution >= 4 is 29.2 Å². The van der Waals surface area contributed by atoms with E-state index in [1.54, 1.807) is 0 Å². The molecule has 3 rings (SSSR count). The van der Waals surface area contributed by atoms with Crippen LogP contribution in [0, 0.1) is 6.92 Å². The number of aromatic nitrogens is 1. The van der Waals surface area contributed by atoms with Gasteiger partial charge < -0.3 is 15.6 Å². The molecule has 1 unspecified atom stereocenters. The summed E-state index contributed by atoms with van der Waals surface area (Å²) in [6, 6.07) is 6.71. The molecule has 1 aliphatic heterocycles. The van der Waals surface area contributed by atoms with Crippen LogP contribution in [0.15, 0.2) is 24.4 Å². The minimum absolute atomic E-state index is 0. The number of para-hydroxylation sites is 1.